The highest BCUT2D eigenvalue weighted by Gasteiger charge is 2.32. The van der Waals surface area contributed by atoms with Gasteiger partial charge in [-0.25, -0.2) is 0 Å². The van der Waals surface area contributed by atoms with Crippen molar-refractivity contribution in [1.29, 1.82) is 0 Å². The number of rotatable bonds is 7. The lowest BCUT2D eigenvalue weighted by Gasteiger charge is -2.13. The number of carboxylic acids is 1. The van der Waals surface area contributed by atoms with Crippen molar-refractivity contribution < 1.29 is 9.90 Å². The number of hydrogen-bond donors (Lipinski definition) is 1. The molecule has 0 radical (unpaired) electrons. The molecule has 0 aromatic carbocycles. The van der Waals surface area contributed by atoms with Gasteiger partial charge in [-0.3, -0.25) is 9.78 Å². The highest BCUT2D eigenvalue weighted by atomic mass is 35.5. The third kappa shape index (κ3) is 9.86. The molecule has 3 unspecified atom stereocenters. The molecular weight excluding hydrogens is 499 g/mol. The lowest BCUT2D eigenvalue weighted by atomic mass is 9.99. The number of aliphatic carboxylic acids is 1. The predicted molar refractivity (Wildman–Crippen MR) is 157 cm³/mol. The number of carboxylic acid groups (broad SMARTS) is 1. The van der Waals surface area contributed by atoms with Crippen LogP contribution in [0.25, 0.3) is 10.9 Å². The fourth-order valence-corrected chi connectivity index (χ4v) is 5.39. The highest BCUT2D eigenvalue weighted by molar-refractivity contribution is 8.03. The minimum atomic E-state index is -0.742. The fourth-order valence-electron chi connectivity index (χ4n) is 3.84. The molecule has 0 spiro atoms. The van der Waals surface area contributed by atoms with Gasteiger partial charge in [0, 0.05) is 45.4 Å². The molecule has 35 heavy (non-hydrogen) atoms. The Labute approximate surface area is 227 Å². The van der Waals surface area contributed by atoms with Crippen LogP contribution in [-0.4, -0.2) is 31.4 Å². The molecule has 4 nitrogen and oxygen atoms in total. The number of thioether (sulfide) groups is 1. The molecule has 7 heteroatoms. The molecule has 0 aliphatic carbocycles. The van der Waals surface area contributed by atoms with E-state index in [0.29, 0.717) is 5.92 Å². The third-order valence-electron chi connectivity index (χ3n) is 5.11. The van der Waals surface area contributed by atoms with Crippen molar-refractivity contribution in [2.75, 3.05) is 0 Å². The van der Waals surface area contributed by atoms with Gasteiger partial charge in [-0.05, 0) is 44.1 Å². The van der Waals surface area contributed by atoms with E-state index in [4.69, 9.17) is 23.2 Å². The Kier molecular flexibility index (Phi) is 16.4. The largest absolute Gasteiger partial charge is 0.481 e. The minimum Gasteiger partial charge on any atom is -0.481 e. The zero-order chi connectivity index (χ0) is 27.3. The van der Waals surface area contributed by atoms with Crippen LogP contribution in [0.2, 0.25) is 0 Å². The van der Waals surface area contributed by atoms with Crippen molar-refractivity contribution in [1.82, 2.24) is 9.55 Å². The van der Waals surface area contributed by atoms with Crippen LogP contribution in [-0.2, 0) is 11.3 Å². The second-order valence-corrected chi connectivity index (χ2v) is 10.8. The molecule has 1 N–H and O–H groups in total. The summed E-state index contributed by atoms with van der Waals surface area (Å²) in [6, 6.07) is 2.06. The Morgan fingerprint density at radius 3 is 2.26 bits per heavy atom. The number of nitrogens with zero attached hydrogens (tertiary/aromatic N) is 2. The molecule has 0 saturated heterocycles. The number of halogens is 2. The van der Waals surface area contributed by atoms with Gasteiger partial charge in [0.15, 0.2) is 0 Å². The molecule has 0 fully saturated rings. The van der Waals surface area contributed by atoms with Gasteiger partial charge >= 0.3 is 5.97 Å². The van der Waals surface area contributed by atoms with E-state index < -0.39 is 5.97 Å². The van der Waals surface area contributed by atoms with E-state index >= 15 is 0 Å². The average molecular weight is 544 g/mol. The van der Waals surface area contributed by atoms with Crippen molar-refractivity contribution in [2.24, 2.45) is 0 Å². The van der Waals surface area contributed by atoms with E-state index in [0.717, 1.165) is 34.2 Å². The van der Waals surface area contributed by atoms with Crippen LogP contribution >= 0.6 is 35.0 Å². The number of aromatic nitrogens is 2. The lowest BCUT2D eigenvalue weighted by Crippen LogP contribution is -2.04. The summed E-state index contributed by atoms with van der Waals surface area (Å²) in [6.07, 6.45) is 6.63. The molecule has 0 amide bonds. The monoisotopic (exact) mass is 542 g/mol. The number of allylic oxidation sites excluding steroid dienone is 3. The van der Waals surface area contributed by atoms with Crippen molar-refractivity contribution >= 4 is 51.8 Å². The maximum absolute atomic E-state index is 11.4. The molecule has 0 saturated carbocycles. The summed E-state index contributed by atoms with van der Waals surface area (Å²) in [5.74, 6) is -0.396. The number of pyridine rings is 1. The van der Waals surface area contributed by atoms with Crippen LogP contribution in [0.4, 0.5) is 0 Å². The van der Waals surface area contributed by atoms with Gasteiger partial charge in [0.1, 0.15) is 0 Å². The van der Waals surface area contributed by atoms with Crippen molar-refractivity contribution in [3.05, 3.63) is 47.3 Å². The molecule has 2 aromatic heterocycles. The first-order chi connectivity index (χ1) is 16.6. The van der Waals surface area contributed by atoms with Gasteiger partial charge in [-0.2, -0.15) is 0 Å². The van der Waals surface area contributed by atoms with Gasteiger partial charge < -0.3 is 9.67 Å². The number of hydrogen-bond acceptors (Lipinski definition) is 3. The number of carbonyl (C=O) groups is 1. The van der Waals surface area contributed by atoms with Crippen LogP contribution in [0, 0.1) is 0 Å². The molecule has 3 atom stereocenters. The van der Waals surface area contributed by atoms with E-state index in [1.54, 1.807) is 17.8 Å². The maximum Gasteiger partial charge on any atom is 0.304 e. The number of alkyl halides is 2. The predicted octanol–water partition coefficient (Wildman–Crippen LogP) is 9.60. The van der Waals surface area contributed by atoms with Crippen LogP contribution in [0.3, 0.4) is 0 Å². The van der Waals surface area contributed by atoms with E-state index in [2.05, 4.69) is 43.0 Å². The molecule has 3 heterocycles. The molecule has 1 aliphatic rings. The zero-order valence-corrected chi connectivity index (χ0v) is 25.2. The summed E-state index contributed by atoms with van der Waals surface area (Å²) in [5, 5.41) is 10.6. The Balaban J connectivity index is 0.00000112. The first-order valence-electron chi connectivity index (χ1n) is 12.6. The van der Waals surface area contributed by atoms with Gasteiger partial charge in [0.25, 0.3) is 0 Å². The third-order valence-corrected chi connectivity index (χ3v) is 6.49. The summed E-state index contributed by atoms with van der Waals surface area (Å²) >= 11 is 13.2. The molecular formula is C28H44Cl2N2O2S. The molecule has 198 valence electrons. The van der Waals surface area contributed by atoms with E-state index in [-0.39, 0.29) is 23.1 Å². The molecule has 0 bridgehead atoms. The Bertz CT molecular complexity index is 966. The minimum absolute atomic E-state index is 0.0399. The number of fused-ring (bicyclic) bond motifs is 3. The normalized spacial score (nSPS) is 16.1. The highest BCUT2D eigenvalue weighted by Crippen LogP contribution is 2.48. The molecule has 1 aliphatic heterocycles. The average Bonchev–Trinajstić information content (AvgIpc) is 3.35. The van der Waals surface area contributed by atoms with Crippen molar-refractivity contribution in [3.63, 3.8) is 0 Å². The van der Waals surface area contributed by atoms with Crippen LogP contribution in [0.15, 0.2) is 40.8 Å². The van der Waals surface area contributed by atoms with Crippen molar-refractivity contribution in [2.45, 2.75) is 109 Å². The molecule has 2 aromatic rings. The smallest absolute Gasteiger partial charge is 0.304 e. The van der Waals surface area contributed by atoms with E-state index in [9.17, 15) is 9.90 Å². The maximum atomic E-state index is 11.4. The van der Waals surface area contributed by atoms with Gasteiger partial charge in [0.05, 0.1) is 17.6 Å². The summed E-state index contributed by atoms with van der Waals surface area (Å²) in [6.45, 7) is 22.5. The summed E-state index contributed by atoms with van der Waals surface area (Å²) < 4.78 is 2.30. The summed E-state index contributed by atoms with van der Waals surface area (Å²) in [4.78, 5) is 18.3. The first kappa shape index (κ1) is 33.6. The fraction of sp³-hybridized carbons (Fsp3) is 0.571. The summed E-state index contributed by atoms with van der Waals surface area (Å²) in [5.41, 5.74) is 3.39. The SMILES string of the molecule is C/C(=C\C(C)Cl)Sc1c2n(c3ccnc(C(C)C)c13)CCC2CC(=O)O.C=CC(C)Cl.CC.CC. The van der Waals surface area contributed by atoms with E-state index in [1.807, 2.05) is 53.8 Å². The number of aryl methyl sites for hydroxylation is 1. The van der Waals surface area contributed by atoms with Gasteiger partial charge in [0.2, 0.25) is 0 Å². The van der Waals surface area contributed by atoms with Crippen LogP contribution in [0.1, 0.15) is 98.4 Å². The second-order valence-electron chi connectivity index (χ2n) is 8.16. The standard InChI is InChI=1S/C20H25ClN2O2S.C4H7Cl.2C2H6/c1-11(2)18-17-15(5-7-22-18)23-8-6-14(10-16(24)25)19(23)20(17)26-13(4)9-12(3)21;1-3-4(2)5;2*1-2/h5,7,9,11-12,14H,6,8,10H2,1-4H3,(H,24,25);3-4H,1H2,2H3;2*1-2H3/b13-9+;;;. The topological polar surface area (TPSA) is 55.1 Å². The van der Waals surface area contributed by atoms with Crippen LogP contribution < -0.4 is 0 Å². The zero-order valence-electron chi connectivity index (χ0n) is 22.9. The molecule has 3 rings (SSSR count). The van der Waals surface area contributed by atoms with Gasteiger partial charge in [-0.15, -0.1) is 29.8 Å². The Hall–Kier alpha value is -1.43. The quantitative estimate of drug-likeness (QED) is 0.215. The lowest BCUT2D eigenvalue weighted by molar-refractivity contribution is -0.137. The first-order valence-corrected chi connectivity index (χ1v) is 14.2. The summed E-state index contributed by atoms with van der Waals surface area (Å²) in [7, 11) is 0. The van der Waals surface area contributed by atoms with Gasteiger partial charge in [-0.1, -0.05) is 65.5 Å². The van der Waals surface area contributed by atoms with E-state index in [1.165, 1.54) is 10.9 Å². The Morgan fingerprint density at radius 2 is 1.80 bits per heavy atom. The van der Waals surface area contributed by atoms with Crippen LogP contribution in [0.5, 0.6) is 0 Å². The Morgan fingerprint density at radius 1 is 1.23 bits per heavy atom. The van der Waals surface area contributed by atoms with Crippen molar-refractivity contribution in [3.8, 4) is 0 Å². The second kappa shape index (κ2) is 17.1.